The van der Waals surface area contributed by atoms with Gasteiger partial charge >= 0.3 is 0 Å². The lowest BCUT2D eigenvalue weighted by atomic mass is 9.67. The fraction of sp³-hybridized carbons (Fsp3) is 1.00. The molecule has 0 amide bonds. The van der Waals surface area contributed by atoms with E-state index in [1.807, 2.05) is 0 Å². The van der Waals surface area contributed by atoms with Crippen LogP contribution < -0.4 is 0 Å². The molecule has 10 fully saturated rings. The lowest BCUT2D eigenvalue weighted by molar-refractivity contribution is -0.932. The molecular weight excluding hydrogens is 426 g/mol. The number of nitrogens with zero attached hydrogens (tertiary/aromatic N) is 3. The summed E-state index contributed by atoms with van der Waals surface area (Å²) in [5.41, 5.74) is 4.57. The molecule has 10 rings (SSSR count). The Morgan fingerprint density at radius 3 is 1.49 bits per heavy atom. The van der Waals surface area contributed by atoms with Crippen LogP contribution >= 0.6 is 0 Å². The molecule has 6 spiro atoms. The van der Waals surface area contributed by atoms with Crippen LogP contribution in [-0.2, 0) is 0 Å². The zero-order chi connectivity index (χ0) is 23.5. The minimum absolute atomic E-state index is 0.880. The molecule has 0 N–H and O–H groups in total. The maximum absolute atomic E-state index is 2.97. The van der Waals surface area contributed by atoms with E-state index in [0.717, 1.165) is 56.9 Å². The van der Waals surface area contributed by atoms with Crippen molar-refractivity contribution in [2.24, 2.45) is 45.8 Å². The molecule has 2 aliphatic heterocycles. The quantitative estimate of drug-likeness (QED) is 0.320. The van der Waals surface area contributed by atoms with Crippen molar-refractivity contribution >= 4 is 0 Å². The number of hydrogen-bond acceptors (Lipinski definition) is 2. The van der Waals surface area contributed by atoms with E-state index in [9.17, 15) is 0 Å². The third kappa shape index (κ3) is 1.92. The van der Waals surface area contributed by atoms with Crippen LogP contribution in [0.1, 0.15) is 111 Å². The smallest absolute Gasteiger partial charge is 0.186 e. The van der Waals surface area contributed by atoms with Gasteiger partial charge in [0.05, 0.1) is 6.67 Å². The Morgan fingerprint density at radius 2 is 1.03 bits per heavy atom. The summed E-state index contributed by atoms with van der Waals surface area (Å²) in [7, 11) is 0. The van der Waals surface area contributed by atoms with Crippen LogP contribution in [0.4, 0.5) is 0 Å². The van der Waals surface area contributed by atoms with Gasteiger partial charge in [-0.2, -0.15) is 0 Å². The van der Waals surface area contributed by atoms with Crippen LogP contribution in [0, 0.1) is 45.8 Å². The molecule has 3 nitrogen and oxygen atoms in total. The van der Waals surface area contributed by atoms with Gasteiger partial charge < -0.3 is 0 Å². The van der Waals surface area contributed by atoms with E-state index in [1.54, 1.807) is 30.2 Å². The maximum Gasteiger partial charge on any atom is 0.186 e. The van der Waals surface area contributed by atoms with E-state index in [2.05, 4.69) is 30.6 Å². The maximum atomic E-state index is 2.97. The highest BCUT2D eigenvalue weighted by Crippen LogP contribution is 3.55. The van der Waals surface area contributed by atoms with E-state index in [1.165, 1.54) is 97.3 Å². The predicted octanol–water partition coefficient (Wildman–Crippen LogP) is 6.44. The average Bonchev–Trinajstić information content (AvgIpc) is 3.72. The monoisotopic (exact) mass is 478 g/mol. The summed E-state index contributed by atoms with van der Waals surface area (Å²) in [6.45, 7) is 14.4. The van der Waals surface area contributed by atoms with Gasteiger partial charge in [-0.3, -0.25) is 4.48 Å². The van der Waals surface area contributed by atoms with Crippen LogP contribution in [0.2, 0.25) is 0 Å². The minimum Gasteiger partial charge on any atom is -0.275 e. The number of rotatable bonds is 6. The molecular formula is C32H52N3+. The zero-order valence-corrected chi connectivity index (χ0v) is 23.2. The van der Waals surface area contributed by atoms with Gasteiger partial charge in [0.25, 0.3) is 0 Å². The summed E-state index contributed by atoms with van der Waals surface area (Å²) in [6.07, 6.45) is 21.3. The number of quaternary nitrogens is 1. The molecule has 0 radical (unpaired) electrons. The molecule has 2 saturated heterocycles. The zero-order valence-electron chi connectivity index (χ0n) is 23.2. The predicted molar refractivity (Wildman–Crippen MR) is 140 cm³/mol. The fourth-order valence-corrected chi connectivity index (χ4v) is 13.5. The van der Waals surface area contributed by atoms with Gasteiger partial charge in [0.1, 0.15) is 24.2 Å². The molecule has 3 heteroatoms. The highest BCUT2D eigenvalue weighted by molar-refractivity contribution is 6.11. The summed E-state index contributed by atoms with van der Waals surface area (Å²) in [4.78, 5) is 5.95. The van der Waals surface area contributed by atoms with Gasteiger partial charge in [-0.1, -0.05) is 85.0 Å². The molecule has 0 atom stereocenters. The van der Waals surface area contributed by atoms with Crippen molar-refractivity contribution in [3.8, 4) is 0 Å². The summed E-state index contributed by atoms with van der Waals surface area (Å²) in [5, 5.41) is 0. The summed E-state index contributed by atoms with van der Waals surface area (Å²) in [6, 6.07) is 0. The lowest BCUT2D eigenvalue weighted by Gasteiger charge is -2.52. The first-order valence-corrected chi connectivity index (χ1v) is 16.3. The Labute approximate surface area is 214 Å². The molecule has 0 aromatic carbocycles. The van der Waals surface area contributed by atoms with Crippen molar-refractivity contribution in [1.82, 2.24) is 9.80 Å². The van der Waals surface area contributed by atoms with Crippen molar-refractivity contribution in [3.63, 3.8) is 0 Å². The van der Waals surface area contributed by atoms with Crippen molar-refractivity contribution in [2.45, 2.75) is 122 Å². The summed E-state index contributed by atoms with van der Waals surface area (Å²) < 4.78 is 1.58. The molecule has 10 aliphatic rings. The fourth-order valence-electron chi connectivity index (χ4n) is 13.5. The molecule has 8 saturated carbocycles. The Balaban J connectivity index is 0.874. The Kier molecular flexibility index (Phi) is 3.96. The van der Waals surface area contributed by atoms with E-state index >= 15 is 0 Å². The van der Waals surface area contributed by atoms with E-state index in [-0.39, 0.29) is 0 Å². The van der Waals surface area contributed by atoms with E-state index < -0.39 is 0 Å². The van der Waals surface area contributed by atoms with Crippen LogP contribution in [-0.4, -0.2) is 58.5 Å². The second-order valence-electron chi connectivity index (χ2n) is 16.2. The molecule has 35 heavy (non-hydrogen) atoms. The molecule has 0 aromatic rings. The first kappa shape index (κ1) is 21.8. The number of hydrogen-bond donors (Lipinski definition) is 0. The van der Waals surface area contributed by atoms with Gasteiger partial charge in [-0.05, 0) is 55.3 Å². The normalized spacial score (nSPS) is 63.3. The van der Waals surface area contributed by atoms with E-state index in [0.29, 0.717) is 0 Å². The second-order valence-corrected chi connectivity index (χ2v) is 16.2. The van der Waals surface area contributed by atoms with E-state index in [4.69, 9.17) is 0 Å². The minimum atomic E-state index is 0.880. The third-order valence-corrected chi connectivity index (χ3v) is 15.0. The van der Waals surface area contributed by atoms with Crippen molar-refractivity contribution in [2.75, 3.05) is 33.1 Å². The Morgan fingerprint density at radius 1 is 0.600 bits per heavy atom. The largest absolute Gasteiger partial charge is 0.275 e. The molecule has 8 aliphatic carbocycles. The summed E-state index contributed by atoms with van der Waals surface area (Å²) >= 11 is 0. The third-order valence-electron chi connectivity index (χ3n) is 15.0. The molecule has 2 heterocycles. The molecule has 0 unspecified atom stereocenters. The highest BCUT2D eigenvalue weighted by Gasteiger charge is 3.76. The standard InChI is InChI=1S/C32H52N3/c1-23-4-8-26(9-5-23)14-18-33-20-34(19-15-27-10-6-24(2)7-11-27)22-35(21-33)31-29-28(16-12-25(3)13-17-28)30(29,31)32(29,31)35/h23-27H,4-22H2,1-3H3/q+1. The van der Waals surface area contributed by atoms with Gasteiger partial charge in [0, 0.05) is 18.5 Å². The van der Waals surface area contributed by atoms with Crippen molar-refractivity contribution in [1.29, 1.82) is 0 Å². The molecule has 194 valence electrons. The average molecular weight is 479 g/mol. The van der Waals surface area contributed by atoms with Gasteiger partial charge in [-0.15, -0.1) is 0 Å². The van der Waals surface area contributed by atoms with Crippen LogP contribution in [0.15, 0.2) is 0 Å². The highest BCUT2D eigenvalue weighted by atomic mass is 16.0. The van der Waals surface area contributed by atoms with Gasteiger partial charge in [0.15, 0.2) is 11.1 Å². The van der Waals surface area contributed by atoms with Crippen molar-refractivity contribution < 1.29 is 4.48 Å². The van der Waals surface area contributed by atoms with Crippen molar-refractivity contribution in [3.05, 3.63) is 0 Å². The van der Waals surface area contributed by atoms with Crippen LogP contribution in [0.5, 0.6) is 0 Å². The first-order chi connectivity index (χ1) is 17.0. The molecule has 0 aromatic heterocycles. The summed E-state index contributed by atoms with van der Waals surface area (Å²) in [5.74, 6) is 5.05. The first-order valence-electron chi connectivity index (χ1n) is 16.3. The second kappa shape index (κ2) is 6.36. The van der Waals surface area contributed by atoms with Crippen LogP contribution in [0.25, 0.3) is 0 Å². The molecule has 0 bridgehead atoms. The lowest BCUT2D eigenvalue weighted by Crippen LogP contribution is -2.68. The number of piperidine rings is 1. The van der Waals surface area contributed by atoms with Gasteiger partial charge in [0.2, 0.25) is 0 Å². The SMILES string of the molecule is CC1CCC(CCN2CN(CCC3CCC(C)CC3)C[N+]3(C2)C24C56C7(CCC(C)CC7)C52C643)CC1. The Hall–Kier alpha value is -0.120. The topological polar surface area (TPSA) is 6.48 Å². The van der Waals surface area contributed by atoms with Crippen LogP contribution in [0.3, 0.4) is 0 Å². The van der Waals surface area contributed by atoms with Gasteiger partial charge in [-0.25, -0.2) is 9.80 Å². The Bertz CT molecular complexity index is 854.